The zero-order chi connectivity index (χ0) is 13.9. The van der Waals surface area contributed by atoms with Crippen LogP contribution in [0.25, 0.3) is 0 Å². The van der Waals surface area contributed by atoms with Crippen LogP contribution in [0, 0.1) is 0 Å². The van der Waals surface area contributed by atoms with Crippen LogP contribution in [0.5, 0.6) is 0 Å². The van der Waals surface area contributed by atoms with Crippen molar-refractivity contribution in [3.05, 3.63) is 29.8 Å². The van der Waals surface area contributed by atoms with Crippen molar-refractivity contribution in [2.75, 3.05) is 37.7 Å². The lowest BCUT2D eigenvalue weighted by atomic mass is 10.1. The van der Waals surface area contributed by atoms with E-state index in [4.69, 9.17) is 4.74 Å². The number of morpholine rings is 1. The third kappa shape index (κ3) is 3.00. The molecule has 5 heteroatoms. The molecule has 1 aromatic carbocycles. The van der Waals surface area contributed by atoms with E-state index in [0.29, 0.717) is 13.0 Å². The molecule has 0 bridgehead atoms. The molecule has 1 aromatic rings. The molecular weight excluding hydrogens is 272 g/mol. The van der Waals surface area contributed by atoms with Crippen LogP contribution in [0.15, 0.2) is 24.3 Å². The zero-order valence-electron chi connectivity index (χ0n) is 11.5. The van der Waals surface area contributed by atoms with Crippen molar-refractivity contribution in [3.8, 4) is 0 Å². The molecule has 2 fully saturated rings. The molecular formula is C15H20N2O2S. The molecule has 1 amide bonds. The Bertz CT molecular complexity index is 489. The van der Waals surface area contributed by atoms with E-state index in [1.807, 2.05) is 23.1 Å². The molecule has 2 aliphatic rings. The summed E-state index contributed by atoms with van der Waals surface area (Å²) in [6.45, 7) is 5.09. The second-order valence-corrected chi connectivity index (χ2v) is 6.11. The van der Waals surface area contributed by atoms with E-state index in [1.54, 1.807) is 0 Å². The average Bonchev–Trinajstić information content (AvgIpc) is 2.79. The van der Waals surface area contributed by atoms with Gasteiger partial charge in [-0.2, -0.15) is 12.6 Å². The number of benzene rings is 1. The second-order valence-electron chi connectivity index (χ2n) is 5.38. The fourth-order valence-corrected chi connectivity index (χ4v) is 3.15. The van der Waals surface area contributed by atoms with E-state index in [1.165, 1.54) is 5.56 Å². The Kier molecular flexibility index (Phi) is 4.29. The van der Waals surface area contributed by atoms with Crippen LogP contribution in [-0.4, -0.2) is 48.9 Å². The first kappa shape index (κ1) is 13.9. The number of ether oxygens (including phenoxy) is 1. The number of para-hydroxylation sites is 1. The maximum atomic E-state index is 12.1. The van der Waals surface area contributed by atoms with Gasteiger partial charge in [0.15, 0.2) is 0 Å². The first-order chi connectivity index (χ1) is 9.74. The highest BCUT2D eigenvalue weighted by Gasteiger charge is 2.29. The van der Waals surface area contributed by atoms with Crippen molar-refractivity contribution in [1.29, 1.82) is 0 Å². The maximum Gasteiger partial charge on any atom is 0.228 e. The number of hydrogen-bond acceptors (Lipinski definition) is 4. The highest BCUT2D eigenvalue weighted by Crippen LogP contribution is 2.28. The molecule has 2 aliphatic heterocycles. The van der Waals surface area contributed by atoms with Crippen LogP contribution in [0.3, 0.4) is 0 Å². The van der Waals surface area contributed by atoms with Crippen LogP contribution < -0.4 is 4.90 Å². The lowest BCUT2D eigenvalue weighted by molar-refractivity contribution is -0.117. The predicted molar refractivity (Wildman–Crippen MR) is 82.3 cm³/mol. The molecule has 0 saturated carbocycles. The molecule has 108 valence electrons. The average molecular weight is 292 g/mol. The normalized spacial score (nSPS) is 24.4. The van der Waals surface area contributed by atoms with E-state index >= 15 is 0 Å². The SMILES string of the molecule is O=C1CC(S)CN1c1ccccc1CN1CCOCC1. The molecule has 0 aliphatic carbocycles. The van der Waals surface area contributed by atoms with Crippen molar-refractivity contribution in [3.63, 3.8) is 0 Å². The van der Waals surface area contributed by atoms with Crippen molar-refractivity contribution in [2.45, 2.75) is 18.2 Å². The van der Waals surface area contributed by atoms with Gasteiger partial charge in [-0.1, -0.05) is 18.2 Å². The summed E-state index contributed by atoms with van der Waals surface area (Å²) in [5.74, 6) is 0.180. The van der Waals surface area contributed by atoms with E-state index < -0.39 is 0 Å². The van der Waals surface area contributed by atoms with Gasteiger partial charge in [-0.15, -0.1) is 0 Å². The lowest BCUT2D eigenvalue weighted by Crippen LogP contribution is -2.36. The topological polar surface area (TPSA) is 32.8 Å². The van der Waals surface area contributed by atoms with Crippen LogP contribution in [0.2, 0.25) is 0 Å². The highest BCUT2D eigenvalue weighted by molar-refractivity contribution is 7.81. The molecule has 0 N–H and O–H groups in total. The van der Waals surface area contributed by atoms with Crippen LogP contribution in [-0.2, 0) is 16.1 Å². The molecule has 2 saturated heterocycles. The number of hydrogen-bond donors (Lipinski definition) is 1. The first-order valence-corrected chi connectivity index (χ1v) is 7.62. The van der Waals surface area contributed by atoms with Gasteiger partial charge in [0.05, 0.1) is 13.2 Å². The van der Waals surface area contributed by atoms with E-state index in [2.05, 4.69) is 23.6 Å². The maximum absolute atomic E-state index is 12.1. The number of carbonyl (C=O) groups excluding carboxylic acids is 1. The van der Waals surface area contributed by atoms with Crippen LogP contribution in [0.4, 0.5) is 5.69 Å². The summed E-state index contributed by atoms with van der Waals surface area (Å²) < 4.78 is 5.38. The zero-order valence-corrected chi connectivity index (χ0v) is 12.4. The fourth-order valence-electron chi connectivity index (χ4n) is 2.83. The van der Waals surface area contributed by atoms with Gasteiger partial charge in [-0.25, -0.2) is 0 Å². The minimum absolute atomic E-state index is 0.152. The Morgan fingerprint density at radius 3 is 2.70 bits per heavy atom. The molecule has 20 heavy (non-hydrogen) atoms. The Balaban J connectivity index is 1.79. The summed E-state index contributed by atoms with van der Waals surface area (Å²) in [6.07, 6.45) is 0.537. The summed E-state index contributed by atoms with van der Waals surface area (Å²) in [5.41, 5.74) is 2.26. The smallest absolute Gasteiger partial charge is 0.228 e. The summed E-state index contributed by atoms with van der Waals surface area (Å²) in [6, 6.07) is 8.19. The largest absolute Gasteiger partial charge is 0.379 e. The quantitative estimate of drug-likeness (QED) is 0.858. The number of rotatable bonds is 3. The Morgan fingerprint density at radius 2 is 2.00 bits per heavy atom. The summed E-state index contributed by atoms with van der Waals surface area (Å²) >= 11 is 4.44. The summed E-state index contributed by atoms with van der Waals surface area (Å²) in [5, 5.41) is 0.152. The highest BCUT2D eigenvalue weighted by atomic mass is 32.1. The van der Waals surface area contributed by atoms with Crippen molar-refractivity contribution < 1.29 is 9.53 Å². The van der Waals surface area contributed by atoms with Gasteiger partial charge in [-0.3, -0.25) is 9.69 Å². The lowest BCUT2D eigenvalue weighted by Gasteiger charge is -2.28. The monoisotopic (exact) mass is 292 g/mol. The predicted octanol–water partition coefficient (Wildman–Crippen LogP) is 1.55. The summed E-state index contributed by atoms with van der Waals surface area (Å²) in [4.78, 5) is 16.3. The second kappa shape index (κ2) is 6.16. The first-order valence-electron chi connectivity index (χ1n) is 7.10. The van der Waals surface area contributed by atoms with Crippen molar-refractivity contribution in [2.24, 2.45) is 0 Å². The fraction of sp³-hybridized carbons (Fsp3) is 0.533. The summed E-state index contributed by atoms with van der Waals surface area (Å²) in [7, 11) is 0. The van der Waals surface area contributed by atoms with Crippen LogP contribution >= 0.6 is 12.6 Å². The van der Waals surface area contributed by atoms with Crippen LogP contribution in [0.1, 0.15) is 12.0 Å². The van der Waals surface area contributed by atoms with Gasteiger partial charge >= 0.3 is 0 Å². The molecule has 4 nitrogen and oxygen atoms in total. The molecule has 2 heterocycles. The van der Waals surface area contributed by atoms with E-state index in [9.17, 15) is 4.79 Å². The van der Waals surface area contributed by atoms with Gasteiger partial charge in [0.1, 0.15) is 0 Å². The molecule has 0 spiro atoms. The van der Waals surface area contributed by atoms with Gasteiger partial charge in [-0.05, 0) is 11.6 Å². The Morgan fingerprint density at radius 1 is 1.25 bits per heavy atom. The molecule has 3 rings (SSSR count). The molecule has 0 radical (unpaired) electrons. The Hall–Kier alpha value is -1.04. The van der Waals surface area contributed by atoms with Crippen molar-refractivity contribution in [1.82, 2.24) is 4.90 Å². The minimum Gasteiger partial charge on any atom is -0.379 e. The third-order valence-electron chi connectivity index (χ3n) is 3.88. The number of nitrogens with zero attached hydrogens (tertiary/aromatic N) is 2. The van der Waals surface area contributed by atoms with E-state index in [-0.39, 0.29) is 11.2 Å². The van der Waals surface area contributed by atoms with Crippen molar-refractivity contribution >= 4 is 24.2 Å². The third-order valence-corrected chi connectivity index (χ3v) is 4.23. The van der Waals surface area contributed by atoms with Gasteiger partial charge in [0.25, 0.3) is 0 Å². The number of carbonyl (C=O) groups is 1. The van der Waals surface area contributed by atoms with Gasteiger partial charge in [0.2, 0.25) is 5.91 Å². The molecule has 1 unspecified atom stereocenters. The van der Waals surface area contributed by atoms with Gasteiger partial charge in [0, 0.05) is 43.5 Å². The number of thiol groups is 1. The van der Waals surface area contributed by atoms with Gasteiger partial charge < -0.3 is 9.64 Å². The molecule has 1 atom stereocenters. The number of anilines is 1. The minimum atomic E-state index is 0.152. The van der Waals surface area contributed by atoms with E-state index in [0.717, 1.165) is 38.5 Å². The standard InChI is InChI=1S/C15H20N2O2S/c18-15-9-13(20)11-17(15)14-4-2-1-3-12(14)10-16-5-7-19-8-6-16/h1-4,13,20H,5-11H2. The number of amides is 1. The molecule has 0 aromatic heterocycles. The Labute approximate surface area is 125 Å².